The summed E-state index contributed by atoms with van der Waals surface area (Å²) in [7, 11) is -2.25. The van der Waals surface area contributed by atoms with Gasteiger partial charge in [-0.1, -0.05) is 35.9 Å². The number of nitrogens with zero attached hydrogens (tertiary/aromatic N) is 4. The summed E-state index contributed by atoms with van der Waals surface area (Å²) in [6.07, 6.45) is 1.56. The Kier molecular flexibility index (Phi) is 9.66. The number of rotatable bonds is 11. The first-order valence-electron chi connectivity index (χ1n) is 13.0. The van der Waals surface area contributed by atoms with E-state index in [2.05, 4.69) is 9.88 Å². The van der Waals surface area contributed by atoms with Crippen LogP contribution in [0, 0.1) is 0 Å². The number of morpholine rings is 1. The minimum Gasteiger partial charge on any atom is -0.497 e. The Morgan fingerprint density at radius 3 is 2.59 bits per heavy atom. The van der Waals surface area contributed by atoms with Crippen LogP contribution in [0.5, 0.6) is 5.75 Å². The van der Waals surface area contributed by atoms with Gasteiger partial charge in [-0.3, -0.25) is 9.69 Å². The van der Waals surface area contributed by atoms with Crippen molar-refractivity contribution in [2.24, 2.45) is 0 Å². The van der Waals surface area contributed by atoms with Crippen molar-refractivity contribution in [3.8, 4) is 5.75 Å². The Bertz CT molecular complexity index is 1390. The van der Waals surface area contributed by atoms with Crippen LogP contribution in [0.25, 0.3) is 0 Å². The molecule has 0 unspecified atom stereocenters. The predicted octanol–water partition coefficient (Wildman–Crippen LogP) is 4.07. The van der Waals surface area contributed by atoms with Crippen LogP contribution < -0.4 is 4.74 Å². The maximum absolute atomic E-state index is 13.7. The largest absolute Gasteiger partial charge is 0.497 e. The summed E-state index contributed by atoms with van der Waals surface area (Å²) in [5.41, 5.74) is 1.65. The summed E-state index contributed by atoms with van der Waals surface area (Å²) >= 11 is 6.25. The molecule has 1 amide bonds. The second kappa shape index (κ2) is 13.0. The number of imidazole rings is 1. The zero-order valence-electron chi connectivity index (χ0n) is 22.5. The van der Waals surface area contributed by atoms with Gasteiger partial charge in [0, 0.05) is 42.8 Å². The Morgan fingerprint density at radius 2 is 1.90 bits per heavy atom. The second-order valence-corrected chi connectivity index (χ2v) is 12.0. The van der Waals surface area contributed by atoms with Crippen LogP contribution in [-0.4, -0.2) is 80.2 Å². The van der Waals surface area contributed by atoms with E-state index in [0.29, 0.717) is 53.9 Å². The highest BCUT2D eigenvalue weighted by Crippen LogP contribution is 2.26. The molecule has 1 saturated heterocycles. The van der Waals surface area contributed by atoms with E-state index in [9.17, 15) is 13.2 Å². The average Bonchev–Trinajstić information content (AvgIpc) is 3.37. The van der Waals surface area contributed by atoms with Crippen molar-refractivity contribution >= 4 is 27.3 Å². The van der Waals surface area contributed by atoms with E-state index in [0.717, 1.165) is 13.1 Å². The van der Waals surface area contributed by atoms with Gasteiger partial charge in [-0.05, 0) is 43.7 Å². The van der Waals surface area contributed by atoms with E-state index in [-0.39, 0.29) is 29.4 Å². The van der Waals surface area contributed by atoms with Crippen LogP contribution in [0.4, 0.5) is 0 Å². The summed E-state index contributed by atoms with van der Waals surface area (Å²) in [4.78, 5) is 22.1. The first-order chi connectivity index (χ1) is 18.7. The van der Waals surface area contributed by atoms with Gasteiger partial charge in [0.2, 0.25) is 15.0 Å². The number of hydrogen-bond acceptors (Lipinski definition) is 7. The van der Waals surface area contributed by atoms with Gasteiger partial charge in [0.05, 0.1) is 44.5 Å². The van der Waals surface area contributed by atoms with Crippen molar-refractivity contribution in [3.63, 3.8) is 0 Å². The van der Waals surface area contributed by atoms with E-state index in [1.54, 1.807) is 71.3 Å². The van der Waals surface area contributed by atoms with E-state index >= 15 is 0 Å². The molecule has 1 aliphatic rings. The maximum atomic E-state index is 13.7. The fourth-order valence-corrected chi connectivity index (χ4v) is 6.55. The van der Waals surface area contributed by atoms with Gasteiger partial charge in [0.1, 0.15) is 5.75 Å². The smallest absolute Gasteiger partial charge is 0.254 e. The lowest BCUT2D eigenvalue weighted by Crippen LogP contribution is -2.43. The molecule has 0 saturated carbocycles. The molecule has 210 valence electrons. The van der Waals surface area contributed by atoms with Crippen LogP contribution in [0.3, 0.4) is 0 Å². The number of benzene rings is 2. The summed E-state index contributed by atoms with van der Waals surface area (Å²) in [5.74, 6) is 0.160. The number of ether oxygens (including phenoxy) is 2. The summed E-state index contributed by atoms with van der Waals surface area (Å²) in [6.45, 7) is 8.07. The van der Waals surface area contributed by atoms with Crippen LogP contribution in [0.1, 0.15) is 41.5 Å². The Hall–Kier alpha value is -2.92. The van der Waals surface area contributed by atoms with Crippen molar-refractivity contribution in [3.05, 3.63) is 76.6 Å². The number of amides is 1. The molecule has 3 aromatic rings. The molecule has 1 fully saturated rings. The van der Waals surface area contributed by atoms with Crippen LogP contribution in [-0.2, 0) is 26.9 Å². The fraction of sp³-hybridized carbons (Fsp3) is 0.429. The van der Waals surface area contributed by atoms with Gasteiger partial charge in [0.25, 0.3) is 5.91 Å². The van der Waals surface area contributed by atoms with E-state index in [1.165, 1.54) is 0 Å². The minimum atomic E-state index is -3.81. The summed E-state index contributed by atoms with van der Waals surface area (Å²) in [5, 5.41) is 0.358. The van der Waals surface area contributed by atoms with E-state index < -0.39 is 9.84 Å². The highest BCUT2D eigenvalue weighted by molar-refractivity contribution is 7.90. The third-order valence-corrected chi connectivity index (χ3v) is 8.60. The van der Waals surface area contributed by atoms with Crippen molar-refractivity contribution in [2.75, 3.05) is 46.5 Å². The Labute approximate surface area is 235 Å². The fourth-order valence-electron chi connectivity index (χ4n) is 4.63. The zero-order valence-corrected chi connectivity index (χ0v) is 24.1. The molecule has 2 heterocycles. The van der Waals surface area contributed by atoms with Crippen LogP contribution in [0.2, 0.25) is 5.02 Å². The van der Waals surface area contributed by atoms with E-state index in [4.69, 9.17) is 21.1 Å². The van der Waals surface area contributed by atoms with Gasteiger partial charge in [-0.15, -0.1) is 0 Å². The Morgan fingerprint density at radius 1 is 1.15 bits per heavy atom. The number of methoxy groups -OCH3 is 1. The lowest BCUT2D eigenvalue weighted by atomic mass is 10.1. The van der Waals surface area contributed by atoms with Gasteiger partial charge >= 0.3 is 0 Å². The maximum Gasteiger partial charge on any atom is 0.254 e. The lowest BCUT2D eigenvalue weighted by Gasteiger charge is -2.30. The zero-order chi connectivity index (χ0) is 28.0. The highest BCUT2D eigenvalue weighted by Gasteiger charge is 2.28. The lowest BCUT2D eigenvalue weighted by molar-refractivity contribution is 0.0318. The third kappa shape index (κ3) is 7.19. The average molecular weight is 575 g/mol. The number of carbonyl (C=O) groups excluding carboxylic acids is 1. The number of sulfone groups is 1. The normalized spacial score (nSPS) is 14.5. The molecule has 4 rings (SSSR count). The van der Waals surface area contributed by atoms with Crippen molar-refractivity contribution in [1.29, 1.82) is 0 Å². The first kappa shape index (κ1) is 29.1. The second-order valence-electron chi connectivity index (χ2n) is 9.76. The number of halogens is 1. The third-order valence-electron chi connectivity index (χ3n) is 6.68. The van der Waals surface area contributed by atoms with Crippen molar-refractivity contribution in [2.45, 2.75) is 37.3 Å². The standard InChI is InChI=1S/C28H35ClN4O5S/c1-21(2)33-24(18-30-28(33)39(35,36)20-23-7-4-5-10-26(23)29)19-32(12-11-31-13-15-38-16-14-31)27(34)22-8-6-9-25(17-22)37-3/h4-10,17-18,21H,11-16,19-20H2,1-3H3. The molecule has 1 aromatic heterocycles. The van der Waals surface area contributed by atoms with Crippen LogP contribution >= 0.6 is 11.6 Å². The number of aromatic nitrogens is 2. The highest BCUT2D eigenvalue weighted by atomic mass is 35.5. The quantitative estimate of drug-likeness (QED) is 0.341. The van der Waals surface area contributed by atoms with Gasteiger partial charge < -0.3 is 18.9 Å². The molecular weight excluding hydrogens is 540 g/mol. The molecule has 0 spiro atoms. The SMILES string of the molecule is COc1cccc(C(=O)N(CCN2CCOCC2)Cc2cnc(S(=O)(=O)Cc3ccccc3Cl)n2C(C)C)c1. The molecule has 11 heteroatoms. The predicted molar refractivity (Wildman–Crippen MR) is 150 cm³/mol. The molecule has 9 nitrogen and oxygen atoms in total. The first-order valence-corrected chi connectivity index (χ1v) is 15.0. The van der Waals surface area contributed by atoms with Crippen molar-refractivity contribution in [1.82, 2.24) is 19.4 Å². The molecule has 0 radical (unpaired) electrons. The van der Waals surface area contributed by atoms with Crippen molar-refractivity contribution < 1.29 is 22.7 Å². The molecule has 0 aliphatic carbocycles. The molecular formula is C28H35ClN4O5S. The summed E-state index contributed by atoms with van der Waals surface area (Å²) in [6, 6.07) is 13.7. The molecule has 2 aromatic carbocycles. The van der Waals surface area contributed by atoms with Crippen LogP contribution in [0.15, 0.2) is 59.9 Å². The summed E-state index contributed by atoms with van der Waals surface area (Å²) < 4.78 is 39.4. The van der Waals surface area contributed by atoms with Gasteiger partial charge in [0.15, 0.2) is 0 Å². The van der Waals surface area contributed by atoms with Gasteiger partial charge in [-0.2, -0.15) is 0 Å². The number of hydrogen-bond donors (Lipinski definition) is 0. The monoisotopic (exact) mass is 574 g/mol. The molecule has 1 aliphatic heterocycles. The molecule has 39 heavy (non-hydrogen) atoms. The minimum absolute atomic E-state index is 0.0330. The molecule has 0 atom stereocenters. The molecule has 0 N–H and O–H groups in total. The molecule has 0 bridgehead atoms. The van der Waals surface area contributed by atoms with E-state index in [1.807, 2.05) is 13.8 Å². The topological polar surface area (TPSA) is 94.0 Å². The Balaban J connectivity index is 1.64. The number of carbonyl (C=O) groups is 1. The van der Waals surface area contributed by atoms with Gasteiger partial charge in [-0.25, -0.2) is 13.4 Å².